The van der Waals surface area contributed by atoms with Gasteiger partial charge in [0, 0.05) is 38.0 Å². The first-order valence-corrected chi connectivity index (χ1v) is 7.69. The Labute approximate surface area is 139 Å². The van der Waals surface area contributed by atoms with Crippen LogP contribution in [-0.2, 0) is 16.1 Å². The second-order valence-corrected chi connectivity index (χ2v) is 5.35. The van der Waals surface area contributed by atoms with E-state index in [1.165, 1.54) is 12.1 Å². The predicted molar refractivity (Wildman–Crippen MR) is 85.2 cm³/mol. The van der Waals surface area contributed by atoms with Crippen molar-refractivity contribution in [3.05, 3.63) is 54.0 Å². The van der Waals surface area contributed by atoms with E-state index < -0.39 is 6.10 Å². The van der Waals surface area contributed by atoms with Gasteiger partial charge in [-0.05, 0) is 17.7 Å². The summed E-state index contributed by atoms with van der Waals surface area (Å²) in [6.07, 6.45) is 1.15. The third kappa shape index (κ3) is 4.50. The number of halogens is 1. The van der Waals surface area contributed by atoms with Crippen molar-refractivity contribution in [2.45, 2.75) is 12.6 Å². The first-order valence-electron chi connectivity index (χ1n) is 7.69. The zero-order valence-corrected chi connectivity index (χ0v) is 13.0. The number of carbonyl (C=O) groups is 1. The van der Waals surface area contributed by atoms with Crippen LogP contribution in [0.5, 0.6) is 11.6 Å². The van der Waals surface area contributed by atoms with E-state index in [9.17, 15) is 9.18 Å². The molecule has 0 saturated carbocycles. The maximum atomic E-state index is 13.1. The Morgan fingerprint density at radius 3 is 3.04 bits per heavy atom. The fourth-order valence-corrected chi connectivity index (χ4v) is 2.26. The van der Waals surface area contributed by atoms with Gasteiger partial charge in [-0.25, -0.2) is 9.37 Å². The lowest BCUT2D eigenvalue weighted by atomic mass is 10.2. The summed E-state index contributed by atoms with van der Waals surface area (Å²) in [5.74, 6) is 0.217. The number of nitrogens with zero attached hydrogens (tertiary/aromatic N) is 1. The van der Waals surface area contributed by atoms with E-state index in [0.29, 0.717) is 31.3 Å². The van der Waals surface area contributed by atoms with Gasteiger partial charge in [-0.15, -0.1) is 0 Å². The van der Waals surface area contributed by atoms with Crippen LogP contribution in [0.25, 0.3) is 0 Å². The minimum atomic E-state index is -0.456. The Kier molecular flexibility index (Phi) is 5.35. The van der Waals surface area contributed by atoms with Gasteiger partial charge in [0.25, 0.3) is 5.91 Å². The molecule has 0 unspecified atom stereocenters. The number of ether oxygens (including phenoxy) is 2. The number of pyridine rings is 1. The summed E-state index contributed by atoms with van der Waals surface area (Å²) in [4.78, 5) is 16.1. The van der Waals surface area contributed by atoms with E-state index in [1.807, 2.05) is 0 Å². The Hall–Kier alpha value is -2.51. The molecule has 1 atom stereocenters. The maximum Gasteiger partial charge on any atom is 0.250 e. The van der Waals surface area contributed by atoms with Crippen molar-refractivity contribution in [2.75, 3.05) is 19.7 Å². The molecule has 0 bridgehead atoms. The third-order valence-corrected chi connectivity index (χ3v) is 3.50. The molecule has 2 aromatic rings. The van der Waals surface area contributed by atoms with E-state index in [4.69, 9.17) is 9.47 Å². The number of amides is 1. The molecular formula is C17H18FN3O3. The van der Waals surface area contributed by atoms with Crippen molar-refractivity contribution in [1.29, 1.82) is 0 Å². The monoisotopic (exact) mass is 331 g/mol. The lowest BCUT2D eigenvalue weighted by Crippen LogP contribution is -2.47. The highest BCUT2D eigenvalue weighted by Crippen LogP contribution is 2.19. The number of aromatic nitrogens is 1. The van der Waals surface area contributed by atoms with E-state index in [0.717, 1.165) is 12.1 Å². The van der Waals surface area contributed by atoms with Gasteiger partial charge in [0.05, 0.1) is 6.61 Å². The highest BCUT2D eigenvalue weighted by atomic mass is 19.1. The van der Waals surface area contributed by atoms with Gasteiger partial charge in [-0.3, -0.25) is 4.79 Å². The molecule has 6 nitrogen and oxygen atoms in total. The maximum absolute atomic E-state index is 13.1. The molecule has 0 aliphatic carbocycles. The molecule has 1 aliphatic rings. The van der Waals surface area contributed by atoms with Crippen LogP contribution in [0.3, 0.4) is 0 Å². The summed E-state index contributed by atoms with van der Waals surface area (Å²) >= 11 is 0. The second kappa shape index (κ2) is 7.85. The smallest absolute Gasteiger partial charge is 0.250 e. The van der Waals surface area contributed by atoms with Crippen LogP contribution in [0.15, 0.2) is 42.6 Å². The first-order chi connectivity index (χ1) is 11.7. The topological polar surface area (TPSA) is 72.5 Å². The average Bonchev–Trinajstić information content (AvgIpc) is 2.62. The van der Waals surface area contributed by atoms with Gasteiger partial charge in [0.15, 0.2) is 0 Å². The number of rotatable bonds is 5. The lowest BCUT2D eigenvalue weighted by Gasteiger charge is -2.22. The zero-order valence-electron chi connectivity index (χ0n) is 13.0. The molecule has 2 heterocycles. The molecule has 126 valence electrons. The van der Waals surface area contributed by atoms with E-state index >= 15 is 0 Å². The predicted octanol–water partition coefficient (Wildman–Crippen LogP) is 1.62. The standard InChI is InChI=1S/C17H18FN3O3/c18-13-2-1-3-14(8-13)24-16-5-4-12(9-20-16)10-21-17(22)15-11-19-6-7-23-15/h1-5,8-9,15,19H,6-7,10-11H2,(H,21,22)/t15-/m1/s1. The first kappa shape index (κ1) is 16.4. The summed E-state index contributed by atoms with van der Waals surface area (Å²) in [7, 11) is 0. The molecule has 1 aromatic heterocycles. The number of hydrogen-bond acceptors (Lipinski definition) is 5. The van der Waals surface area contributed by atoms with Gasteiger partial charge < -0.3 is 20.1 Å². The van der Waals surface area contributed by atoms with Crippen molar-refractivity contribution < 1.29 is 18.7 Å². The highest BCUT2D eigenvalue weighted by molar-refractivity contribution is 5.81. The molecule has 1 amide bonds. The van der Waals surface area contributed by atoms with Crippen LogP contribution in [0.1, 0.15) is 5.56 Å². The van der Waals surface area contributed by atoms with Crippen LogP contribution in [0.4, 0.5) is 4.39 Å². The molecular weight excluding hydrogens is 313 g/mol. The van der Waals surface area contributed by atoms with Crippen LogP contribution in [0, 0.1) is 5.82 Å². The minimum Gasteiger partial charge on any atom is -0.439 e. The van der Waals surface area contributed by atoms with Gasteiger partial charge in [-0.1, -0.05) is 12.1 Å². The van der Waals surface area contributed by atoms with Crippen LogP contribution in [-0.4, -0.2) is 36.7 Å². The van der Waals surface area contributed by atoms with Crippen molar-refractivity contribution in [1.82, 2.24) is 15.6 Å². The molecule has 0 radical (unpaired) electrons. The van der Waals surface area contributed by atoms with Gasteiger partial charge in [0.1, 0.15) is 17.7 Å². The minimum absolute atomic E-state index is 0.151. The summed E-state index contributed by atoms with van der Waals surface area (Å²) in [6, 6.07) is 9.31. The van der Waals surface area contributed by atoms with E-state index in [-0.39, 0.29) is 11.7 Å². The molecule has 1 aromatic carbocycles. The quantitative estimate of drug-likeness (QED) is 0.871. The molecule has 24 heavy (non-hydrogen) atoms. The molecule has 1 fully saturated rings. The van der Waals surface area contributed by atoms with Gasteiger partial charge in [0.2, 0.25) is 5.88 Å². The fraction of sp³-hybridized carbons (Fsp3) is 0.294. The van der Waals surface area contributed by atoms with E-state index in [2.05, 4.69) is 15.6 Å². The van der Waals surface area contributed by atoms with Crippen molar-refractivity contribution in [3.63, 3.8) is 0 Å². The Morgan fingerprint density at radius 2 is 2.33 bits per heavy atom. The Morgan fingerprint density at radius 1 is 1.42 bits per heavy atom. The molecule has 3 rings (SSSR count). The second-order valence-electron chi connectivity index (χ2n) is 5.35. The van der Waals surface area contributed by atoms with Crippen molar-refractivity contribution in [2.24, 2.45) is 0 Å². The summed E-state index contributed by atoms with van der Waals surface area (Å²) in [6.45, 7) is 2.17. The number of morpholine rings is 1. The Bertz CT molecular complexity index is 688. The zero-order chi connectivity index (χ0) is 16.8. The number of benzene rings is 1. The number of hydrogen-bond donors (Lipinski definition) is 2. The molecule has 7 heteroatoms. The number of nitrogens with one attached hydrogen (secondary N) is 2. The summed E-state index contributed by atoms with van der Waals surface area (Å²) in [5.41, 5.74) is 0.832. The van der Waals surface area contributed by atoms with Gasteiger partial charge in [-0.2, -0.15) is 0 Å². The highest BCUT2D eigenvalue weighted by Gasteiger charge is 2.21. The molecule has 1 saturated heterocycles. The Balaban J connectivity index is 1.51. The van der Waals surface area contributed by atoms with Gasteiger partial charge >= 0.3 is 0 Å². The van der Waals surface area contributed by atoms with Crippen molar-refractivity contribution in [3.8, 4) is 11.6 Å². The normalized spacial score (nSPS) is 17.3. The SMILES string of the molecule is O=C(NCc1ccc(Oc2cccc(F)c2)nc1)[C@H]1CNCCO1. The fourth-order valence-electron chi connectivity index (χ4n) is 2.26. The average molecular weight is 331 g/mol. The number of carbonyl (C=O) groups excluding carboxylic acids is 1. The molecule has 2 N–H and O–H groups in total. The lowest BCUT2D eigenvalue weighted by molar-refractivity contribution is -0.134. The van der Waals surface area contributed by atoms with Crippen molar-refractivity contribution >= 4 is 5.91 Å². The van der Waals surface area contributed by atoms with Crippen LogP contribution >= 0.6 is 0 Å². The van der Waals surface area contributed by atoms with E-state index in [1.54, 1.807) is 30.5 Å². The largest absolute Gasteiger partial charge is 0.439 e. The molecule has 0 spiro atoms. The molecule has 1 aliphatic heterocycles. The summed E-state index contributed by atoms with van der Waals surface area (Å²) < 4.78 is 24.0. The van der Waals surface area contributed by atoms with Crippen LogP contribution < -0.4 is 15.4 Å². The third-order valence-electron chi connectivity index (χ3n) is 3.50. The van der Waals surface area contributed by atoms with Crippen LogP contribution in [0.2, 0.25) is 0 Å². The summed E-state index contributed by atoms with van der Waals surface area (Å²) in [5, 5.41) is 5.92.